The first kappa shape index (κ1) is 30.3. The van der Waals surface area contributed by atoms with Gasteiger partial charge < -0.3 is 13.4 Å². The van der Waals surface area contributed by atoms with Gasteiger partial charge in [-0.3, -0.25) is 4.57 Å². The van der Waals surface area contributed by atoms with Crippen LogP contribution < -0.4 is 0 Å². The summed E-state index contributed by atoms with van der Waals surface area (Å²) < 4.78 is 17.7. The second kappa shape index (κ2) is 10.9. The summed E-state index contributed by atoms with van der Waals surface area (Å²) in [5.74, 6) is 0.543. The fraction of sp³-hybridized carbons (Fsp3) is 0. The van der Waals surface area contributed by atoms with Crippen molar-refractivity contribution in [3.8, 4) is 45.1 Å². The van der Waals surface area contributed by atoms with Crippen LogP contribution in [0.15, 0.2) is 179 Å². The molecular weight excluding hydrogens is 713 g/mol. The lowest BCUT2D eigenvalue weighted by atomic mass is 9.94. The Morgan fingerprint density at radius 1 is 0.362 bits per heavy atom. The average Bonchev–Trinajstić information content (AvgIpc) is 4.01. The van der Waals surface area contributed by atoms with Crippen molar-refractivity contribution >= 4 is 87.6 Å². The van der Waals surface area contributed by atoms with Crippen LogP contribution in [0.2, 0.25) is 0 Å². The maximum absolute atomic E-state index is 6.61. The van der Waals surface area contributed by atoms with E-state index in [9.17, 15) is 0 Å². The monoisotopic (exact) mass is 740 g/mol. The molecule has 13 aromatic rings. The third-order valence-corrected chi connectivity index (χ3v) is 12.3. The normalized spacial score (nSPS) is 12.5. The molecule has 1 aliphatic heterocycles. The first-order valence-corrected chi connectivity index (χ1v) is 19.6. The van der Waals surface area contributed by atoms with E-state index in [4.69, 9.17) is 18.8 Å². The summed E-state index contributed by atoms with van der Waals surface area (Å²) in [5, 5.41) is 8.53. The van der Waals surface area contributed by atoms with Crippen LogP contribution in [0.25, 0.3) is 133 Å². The molecule has 0 aliphatic carbocycles. The van der Waals surface area contributed by atoms with Crippen LogP contribution in [0.4, 0.5) is 0 Å². The van der Waals surface area contributed by atoms with Crippen LogP contribution in [0.5, 0.6) is 0 Å². The van der Waals surface area contributed by atoms with E-state index in [1.54, 1.807) is 0 Å². The van der Waals surface area contributed by atoms with Gasteiger partial charge in [-0.05, 0) is 53.6 Å². The van der Waals surface area contributed by atoms with Crippen molar-refractivity contribution in [2.75, 3.05) is 0 Å². The molecule has 0 unspecified atom stereocenters. The number of rotatable bonds is 2. The molecule has 0 radical (unpaired) electrons. The maximum atomic E-state index is 6.61. The van der Waals surface area contributed by atoms with Gasteiger partial charge in [-0.2, -0.15) is 4.98 Å². The predicted octanol–water partition coefficient (Wildman–Crippen LogP) is 13.8. The Balaban J connectivity index is 1.13. The first-order chi connectivity index (χ1) is 28.8. The van der Waals surface area contributed by atoms with Crippen molar-refractivity contribution in [1.29, 1.82) is 0 Å². The van der Waals surface area contributed by atoms with Gasteiger partial charge in [0.05, 0.1) is 38.8 Å². The highest BCUT2D eigenvalue weighted by atomic mass is 16.3. The molecule has 0 spiro atoms. The molecule has 0 amide bonds. The van der Waals surface area contributed by atoms with Crippen LogP contribution in [0, 0.1) is 0 Å². The number of fused-ring (bicyclic) bond motifs is 17. The summed E-state index contributed by atoms with van der Waals surface area (Å²) in [6.45, 7) is 0. The lowest BCUT2D eigenvalue weighted by Gasteiger charge is -2.12. The van der Waals surface area contributed by atoms with E-state index in [2.05, 4.69) is 137 Å². The van der Waals surface area contributed by atoms with Gasteiger partial charge in [0.1, 0.15) is 16.7 Å². The number of benzene rings is 8. The number of para-hydroxylation sites is 5. The number of furan rings is 2. The second-order valence-corrected chi connectivity index (χ2v) is 15.3. The summed E-state index contributed by atoms with van der Waals surface area (Å²) in [6.07, 6.45) is 0. The fourth-order valence-corrected chi connectivity index (χ4v) is 9.94. The van der Waals surface area contributed by atoms with Crippen molar-refractivity contribution < 1.29 is 8.83 Å². The largest absolute Gasteiger partial charge is 0.456 e. The van der Waals surface area contributed by atoms with Crippen LogP contribution in [0.3, 0.4) is 0 Å². The summed E-state index contributed by atoms with van der Waals surface area (Å²) in [4.78, 5) is 10.9. The Labute approximate surface area is 329 Å². The molecule has 0 saturated carbocycles. The molecule has 58 heavy (non-hydrogen) atoms. The molecule has 5 aromatic heterocycles. The molecule has 6 heteroatoms. The Hall–Kier alpha value is -7.96. The van der Waals surface area contributed by atoms with E-state index in [0.717, 1.165) is 76.9 Å². The van der Waals surface area contributed by atoms with Crippen molar-refractivity contribution in [2.45, 2.75) is 0 Å². The number of aromatic nitrogens is 4. The molecule has 0 saturated heterocycles. The van der Waals surface area contributed by atoms with Crippen LogP contribution >= 0.6 is 0 Å². The summed E-state index contributed by atoms with van der Waals surface area (Å²) in [7, 11) is 0. The van der Waals surface area contributed by atoms with Crippen LogP contribution in [0.1, 0.15) is 0 Å². The molecule has 1 aliphatic rings. The zero-order valence-electron chi connectivity index (χ0n) is 30.8. The summed E-state index contributed by atoms with van der Waals surface area (Å²) in [6, 6.07) is 60.1. The highest BCUT2D eigenvalue weighted by molar-refractivity contribution is 6.22. The van der Waals surface area contributed by atoms with E-state index >= 15 is 0 Å². The third-order valence-electron chi connectivity index (χ3n) is 12.3. The van der Waals surface area contributed by atoms with E-state index in [1.165, 1.54) is 44.2 Å². The Morgan fingerprint density at radius 3 is 1.78 bits per heavy atom. The molecule has 0 fully saturated rings. The molecule has 0 N–H and O–H groups in total. The van der Waals surface area contributed by atoms with Crippen molar-refractivity contribution in [1.82, 2.24) is 19.1 Å². The Kier molecular flexibility index (Phi) is 5.68. The zero-order chi connectivity index (χ0) is 37.6. The zero-order valence-corrected chi connectivity index (χ0v) is 30.8. The number of hydrogen-bond donors (Lipinski definition) is 0. The highest BCUT2D eigenvalue weighted by Gasteiger charge is 2.27. The summed E-state index contributed by atoms with van der Waals surface area (Å²) in [5.41, 5.74) is 15.2. The molecule has 268 valence electrons. The van der Waals surface area contributed by atoms with Gasteiger partial charge in [-0.15, -0.1) is 0 Å². The minimum Gasteiger partial charge on any atom is -0.456 e. The van der Waals surface area contributed by atoms with Gasteiger partial charge in [0.2, 0.25) is 11.7 Å². The van der Waals surface area contributed by atoms with E-state index in [1.807, 2.05) is 42.5 Å². The third kappa shape index (κ3) is 3.81. The van der Waals surface area contributed by atoms with Gasteiger partial charge in [0, 0.05) is 54.4 Å². The number of hydrogen-bond acceptors (Lipinski definition) is 4. The van der Waals surface area contributed by atoms with E-state index in [0.29, 0.717) is 11.7 Å². The quantitative estimate of drug-likeness (QED) is 0.177. The Bertz CT molecular complexity index is 3930. The fourth-order valence-electron chi connectivity index (χ4n) is 9.94. The van der Waals surface area contributed by atoms with E-state index < -0.39 is 0 Å². The standard InChI is InChI=1S/C52H28N4O2/c1-2-14-30-29(13-1)31-15-3-7-22-40(31)55-42-27-38-32-16-4-8-23-41(32)56(43(38)28-39(42)34-20-11-19-33(30)50(34)55)52-53-49(48-36-18-6-10-25-45(36)58-51(48)54-52)37-21-12-26-46-47(37)35-17-5-9-24-44(35)57-46/h1-28H. The second-order valence-electron chi connectivity index (χ2n) is 15.3. The van der Waals surface area contributed by atoms with Crippen molar-refractivity contribution in [2.24, 2.45) is 0 Å². The molecule has 6 nitrogen and oxygen atoms in total. The van der Waals surface area contributed by atoms with Crippen molar-refractivity contribution in [3.63, 3.8) is 0 Å². The highest BCUT2D eigenvalue weighted by Crippen LogP contribution is 2.48. The minimum absolute atomic E-state index is 0.539. The number of nitrogens with zero attached hydrogens (tertiary/aromatic N) is 4. The molecule has 0 bridgehead atoms. The van der Waals surface area contributed by atoms with Gasteiger partial charge in [0.15, 0.2) is 0 Å². The van der Waals surface area contributed by atoms with Gasteiger partial charge in [0.25, 0.3) is 0 Å². The van der Waals surface area contributed by atoms with Crippen LogP contribution in [-0.4, -0.2) is 19.1 Å². The van der Waals surface area contributed by atoms with Crippen LogP contribution in [-0.2, 0) is 0 Å². The average molecular weight is 741 g/mol. The minimum atomic E-state index is 0.539. The topological polar surface area (TPSA) is 61.9 Å². The van der Waals surface area contributed by atoms with Crippen molar-refractivity contribution in [3.05, 3.63) is 170 Å². The molecule has 14 rings (SSSR count). The van der Waals surface area contributed by atoms with Gasteiger partial charge in [-0.25, -0.2) is 4.98 Å². The SMILES string of the molecule is c1ccc2c(c1)-c1ccccc1-n1c3cc4c5ccccc5n(-c5nc(-c6cccc7oc8ccccc8c67)c6c(n5)oc5ccccc56)c4cc3c3cccc-2c31. The lowest BCUT2D eigenvalue weighted by molar-refractivity contribution is 0.651. The summed E-state index contributed by atoms with van der Waals surface area (Å²) >= 11 is 0. The lowest BCUT2D eigenvalue weighted by Crippen LogP contribution is -2.03. The molecule has 6 heterocycles. The molecular formula is C52H28N4O2. The smallest absolute Gasteiger partial charge is 0.238 e. The van der Waals surface area contributed by atoms with Gasteiger partial charge in [-0.1, -0.05) is 127 Å². The Morgan fingerprint density at radius 2 is 0.931 bits per heavy atom. The molecule has 0 atom stereocenters. The first-order valence-electron chi connectivity index (χ1n) is 19.6. The van der Waals surface area contributed by atoms with Gasteiger partial charge >= 0.3 is 0 Å². The predicted molar refractivity (Wildman–Crippen MR) is 235 cm³/mol. The maximum Gasteiger partial charge on any atom is 0.238 e. The van der Waals surface area contributed by atoms with E-state index in [-0.39, 0.29) is 0 Å². The molecule has 8 aromatic carbocycles.